The maximum Gasteiger partial charge on any atom is 0.179 e. The normalized spacial score (nSPS) is 11.6. The number of rotatable bonds is 4. The molecule has 5 nitrogen and oxygen atoms in total. The van der Waals surface area contributed by atoms with E-state index in [9.17, 15) is 13.5 Å². The van der Waals surface area contributed by atoms with Gasteiger partial charge >= 0.3 is 0 Å². The lowest BCUT2D eigenvalue weighted by atomic mass is 10.1. The van der Waals surface area contributed by atoms with E-state index in [0.717, 1.165) is 6.26 Å². The van der Waals surface area contributed by atoms with Gasteiger partial charge in [-0.1, -0.05) is 12.1 Å². The molecule has 0 aliphatic carbocycles. The highest BCUT2D eigenvalue weighted by Crippen LogP contribution is 2.26. The Labute approximate surface area is 88.4 Å². The molecule has 0 saturated carbocycles. The number of hydrogen-bond donors (Lipinski definition) is 2. The average Bonchev–Trinajstić information content (AvgIpc) is 2.12. The first-order valence-electron chi connectivity index (χ1n) is 4.29. The van der Waals surface area contributed by atoms with Crippen LogP contribution in [0.15, 0.2) is 23.1 Å². The van der Waals surface area contributed by atoms with Crippen LogP contribution in [0.1, 0.15) is 5.56 Å². The lowest BCUT2D eigenvalue weighted by molar-refractivity contribution is 0.141. The molecule has 0 atom stereocenters. The Morgan fingerprint density at radius 1 is 1.47 bits per heavy atom. The molecule has 1 aromatic rings. The summed E-state index contributed by atoms with van der Waals surface area (Å²) in [5.41, 5.74) is 0.503. The Kier molecular flexibility index (Phi) is 3.67. The third-order valence-electron chi connectivity index (χ3n) is 1.94. The third kappa shape index (κ3) is 2.92. The minimum Gasteiger partial charge on any atom is -0.507 e. The van der Waals surface area contributed by atoms with Crippen molar-refractivity contribution in [2.45, 2.75) is 11.3 Å². The monoisotopic (exact) mass is 231 g/mol. The van der Waals surface area contributed by atoms with Crippen molar-refractivity contribution in [3.63, 3.8) is 0 Å². The molecule has 0 amide bonds. The number of benzene rings is 1. The van der Waals surface area contributed by atoms with Crippen molar-refractivity contribution in [1.29, 1.82) is 0 Å². The van der Waals surface area contributed by atoms with E-state index < -0.39 is 9.84 Å². The SMILES string of the molecule is CS(=O)(=O)c1c(O)cccc1CCON. The molecule has 1 aromatic carbocycles. The Hall–Kier alpha value is -1.11. The first kappa shape index (κ1) is 12.0. The quantitative estimate of drug-likeness (QED) is 0.724. The van der Waals surface area contributed by atoms with Crippen LogP contribution in [0.2, 0.25) is 0 Å². The second kappa shape index (κ2) is 4.61. The van der Waals surface area contributed by atoms with Crippen LogP contribution in [0.5, 0.6) is 5.75 Å². The van der Waals surface area contributed by atoms with Gasteiger partial charge in [-0.3, -0.25) is 0 Å². The van der Waals surface area contributed by atoms with Gasteiger partial charge in [0.15, 0.2) is 9.84 Å². The van der Waals surface area contributed by atoms with Gasteiger partial charge in [-0.25, -0.2) is 14.3 Å². The molecule has 6 heteroatoms. The van der Waals surface area contributed by atoms with Gasteiger partial charge in [0, 0.05) is 6.26 Å². The molecule has 0 heterocycles. The van der Waals surface area contributed by atoms with E-state index in [1.165, 1.54) is 6.07 Å². The van der Waals surface area contributed by atoms with Crippen LogP contribution in [0.4, 0.5) is 0 Å². The fourth-order valence-electron chi connectivity index (χ4n) is 1.37. The number of aromatic hydroxyl groups is 1. The lowest BCUT2D eigenvalue weighted by Gasteiger charge is -2.08. The van der Waals surface area contributed by atoms with E-state index in [1.54, 1.807) is 12.1 Å². The van der Waals surface area contributed by atoms with Crippen molar-refractivity contribution in [3.8, 4) is 5.75 Å². The molecule has 0 aliphatic rings. The minimum absolute atomic E-state index is 0.0537. The van der Waals surface area contributed by atoms with E-state index in [0.29, 0.717) is 12.0 Å². The third-order valence-corrected chi connectivity index (χ3v) is 3.15. The lowest BCUT2D eigenvalue weighted by Crippen LogP contribution is -2.08. The summed E-state index contributed by atoms with van der Waals surface area (Å²) >= 11 is 0. The summed E-state index contributed by atoms with van der Waals surface area (Å²) in [6.07, 6.45) is 1.39. The standard InChI is InChI=1S/C9H13NO4S/c1-15(12,13)9-7(5-6-14-10)3-2-4-8(9)11/h2-4,11H,5-6,10H2,1H3. The molecular formula is C9H13NO4S. The van der Waals surface area contributed by atoms with Crippen LogP contribution in [-0.2, 0) is 21.1 Å². The van der Waals surface area contributed by atoms with E-state index in [2.05, 4.69) is 4.84 Å². The van der Waals surface area contributed by atoms with Gasteiger partial charge in [0.05, 0.1) is 6.61 Å². The van der Waals surface area contributed by atoms with Crippen LogP contribution < -0.4 is 5.90 Å². The van der Waals surface area contributed by atoms with Crippen molar-refractivity contribution >= 4 is 9.84 Å². The minimum atomic E-state index is -3.44. The summed E-state index contributed by atoms with van der Waals surface area (Å²) in [6.45, 7) is 0.200. The Bertz CT molecular complexity index is 441. The number of phenols is 1. The summed E-state index contributed by atoms with van der Waals surface area (Å²) in [7, 11) is -3.44. The smallest absolute Gasteiger partial charge is 0.179 e. The number of nitrogens with two attached hydrogens (primary N) is 1. The first-order valence-corrected chi connectivity index (χ1v) is 6.18. The van der Waals surface area contributed by atoms with Crippen molar-refractivity contribution < 1.29 is 18.4 Å². The van der Waals surface area contributed by atoms with Gasteiger partial charge in [0.2, 0.25) is 0 Å². The zero-order chi connectivity index (χ0) is 11.5. The summed E-state index contributed by atoms with van der Waals surface area (Å²) in [6, 6.07) is 4.54. The summed E-state index contributed by atoms with van der Waals surface area (Å²) in [4.78, 5) is 4.32. The molecule has 0 fully saturated rings. The average molecular weight is 231 g/mol. The van der Waals surface area contributed by atoms with Gasteiger partial charge in [0.25, 0.3) is 0 Å². The maximum atomic E-state index is 11.4. The van der Waals surface area contributed by atoms with E-state index in [4.69, 9.17) is 5.90 Å². The molecule has 84 valence electrons. The molecule has 0 unspecified atom stereocenters. The van der Waals surface area contributed by atoms with Crippen LogP contribution in [0.3, 0.4) is 0 Å². The van der Waals surface area contributed by atoms with Crippen molar-refractivity contribution in [1.82, 2.24) is 0 Å². The van der Waals surface area contributed by atoms with Crippen LogP contribution in [0, 0.1) is 0 Å². The largest absolute Gasteiger partial charge is 0.507 e. The van der Waals surface area contributed by atoms with Crippen LogP contribution in [-0.4, -0.2) is 26.4 Å². The fourth-order valence-corrected chi connectivity index (χ4v) is 2.46. The van der Waals surface area contributed by atoms with Gasteiger partial charge in [-0.15, -0.1) is 0 Å². The van der Waals surface area contributed by atoms with Crippen LogP contribution in [0.25, 0.3) is 0 Å². The van der Waals surface area contributed by atoms with Crippen molar-refractivity contribution in [2.24, 2.45) is 5.90 Å². The molecule has 0 aliphatic heterocycles. The van der Waals surface area contributed by atoms with Gasteiger partial charge < -0.3 is 9.94 Å². The summed E-state index contributed by atoms with van der Waals surface area (Å²) < 4.78 is 22.8. The van der Waals surface area contributed by atoms with Crippen LogP contribution >= 0.6 is 0 Å². The Morgan fingerprint density at radius 2 is 2.13 bits per heavy atom. The van der Waals surface area contributed by atoms with Crippen molar-refractivity contribution in [2.75, 3.05) is 12.9 Å². The Morgan fingerprint density at radius 3 is 2.67 bits per heavy atom. The molecule has 0 saturated heterocycles. The molecule has 0 spiro atoms. The molecule has 0 bridgehead atoms. The summed E-state index contributed by atoms with van der Waals surface area (Å²) in [5, 5.41) is 9.48. The molecule has 0 radical (unpaired) electrons. The highest BCUT2D eigenvalue weighted by molar-refractivity contribution is 7.90. The topological polar surface area (TPSA) is 89.6 Å². The Balaban J connectivity index is 3.21. The molecule has 1 rings (SSSR count). The highest BCUT2D eigenvalue weighted by atomic mass is 32.2. The number of phenolic OH excluding ortho intramolecular Hbond substituents is 1. The molecule has 15 heavy (non-hydrogen) atoms. The number of sulfone groups is 1. The second-order valence-electron chi connectivity index (χ2n) is 3.16. The second-order valence-corrected chi connectivity index (χ2v) is 5.11. The van der Waals surface area contributed by atoms with E-state index in [-0.39, 0.29) is 17.3 Å². The molecule has 0 aromatic heterocycles. The summed E-state index contributed by atoms with van der Waals surface area (Å²) in [5.74, 6) is 4.62. The van der Waals surface area contributed by atoms with Gasteiger partial charge in [0.1, 0.15) is 10.6 Å². The zero-order valence-corrected chi connectivity index (χ0v) is 9.12. The van der Waals surface area contributed by atoms with Crippen molar-refractivity contribution in [3.05, 3.63) is 23.8 Å². The first-order chi connectivity index (χ1) is 6.96. The predicted octanol–water partition coefficient (Wildman–Crippen LogP) is 0.229. The zero-order valence-electron chi connectivity index (χ0n) is 8.30. The van der Waals surface area contributed by atoms with Gasteiger partial charge in [-0.2, -0.15) is 0 Å². The fraction of sp³-hybridized carbons (Fsp3) is 0.333. The molecular weight excluding hydrogens is 218 g/mol. The predicted molar refractivity (Wildman–Crippen MR) is 55.1 cm³/mol. The van der Waals surface area contributed by atoms with E-state index >= 15 is 0 Å². The maximum absolute atomic E-state index is 11.4. The van der Waals surface area contributed by atoms with E-state index in [1.807, 2.05) is 0 Å². The highest BCUT2D eigenvalue weighted by Gasteiger charge is 2.17. The number of hydrogen-bond acceptors (Lipinski definition) is 5. The van der Waals surface area contributed by atoms with Gasteiger partial charge in [-0.05, 0) is 18.1 Å². The molecule has 3 N–H and O–H groups in total.